The van der Waals surface area contributed by atoms with E-state index in [1.807, 2.05) is 25.3 Å². The zero-order chi connectivity index (χ0) is 17.2. The Morgan fingerprint density at radius 3 is 3.08 bits per heavy atom. The van der Waals surface area contributed by atoms with E-state index < -0.39 is 0 Å². The molecule has 1 aliphatic rings. The van der Waals surface area contributed by atoms with Crippen LogP contribution in [0.3, 0.4) is 0 Å². The lowest BCUT2D eigenvalue weighted by Gasteiger charge is -2.11. The lowest BCUT2D eigenvalue weighted by molar-refractivity contribution is 0.254. The summed E-state index contributed by atoms with van der Waals surface area (Å²) in [6.07, 6.45) is 2.96. The first-order chi connectivity index (χ1) is 12.2. The zero-order valence-corrected chi connectivity index (χ0v) is 14.9. The van der Waals surface area contributed by atoms with Gasteiger partial charge in [-0.15, -0.1) is 10.2 Å². The van der Waals surface area contributed by atoms with Gasteiger partial charge in [0.25, 0.3) is 11.1 Å². The van der Waals surface area contributed by atoms with Crippen molar-refractivity contribution in [2.75, 3.05) is 6.61 Å². The molecule has 6 nitrogen and oxygen atoms in total. The molecule has 0 fully saturated rings. The van der Waals surface area contributed by atoms with E-state index in [0.717, 1.165) is 29.2 Å². The molecule has 0 bridgehead atoms. The Hall–Kier alpha value is -2.41. The molecule has 4 rings (SSSR count). The molecule has 25 heavy (non-hydrogen) atoms. The van der Waals surface area contributed by atoms with Crippen molar-refractivity contribution in [2.45, 2.75) is 37.3 Å². The van der Waals surface area contributed by atoms with Crippen LogP contribution in [0, 0.1) is 0 Å². The minimum atomic E-state index is 0.215. The Labute approximate surface area is 149 Å². The third kappa shape index (κ3) is 3.37. The van der Waals surface area contributed by atoms with Crippen molar-refractivity contribution in [3.63, 3.8) is 0 Å². The predicted octanol–water partition coefficient (Wildman–Crippen LogP) is 4.08. The molecule has 3 heterocycles. The highest BCUT2D eigenvalue weighted by Crippen LogP contribution is 2.37. The summed E-state index contributed by atoms with van der Waals surface area (Å²) in [5.74, 6) is 3.01. The van der Waals surface area contributed by atoms with Crippen LogP contribution in [0.1, 0.15) is 25.0 Å². The Morgan fingerprint density at radius 2 is 2.28 bits per heavy atom. The van der Waals surface area contributed by atoms with Gasteiger partial charge in [0.05, 0.1) is 6.61 Å². The first kappa shape index (κ1) is 16.1. The predicted molar refractivity (Wildman–Crippen MR) is 95.1 cm³/mol. The molecule has 3 aromatic rings. The van der Waals surface area contributed by atoms with Crippen LogP contribution in [0.2, 0.25) is 0 Å². The molecule has 0 saturated carbocycles. The number of aromatic amines is 1. The summed E-state index contributed by atoms with van der Waals surface area (Å²) in [4.78, 5) is 3.06. The number of ether oxygens (including phenoxy) is 2. The highest BCUT2D eigenvalue weighted by Gasteiger charge is 2.22. The summed E-state index contributed by atoms with van der Waals surface area (Å²) in [5, 5.41) is 8.70. The third-order valence-corrected chi connectivity index (χ3v) is 4.83. The van der Waals surface area contributed by atoms with Crippen LogP contribution in [-0.4, -0.2) is 27.9 Å². The van der Waals surface area contributed by atoms with Gasteiger partial charge in [-0.1, -0.05) is 11.8 Å². The molecule has 7 heteroatoms. The average Bonchev–Trinajstić information content (AvgIpc) is 3.32. The summed E-state index contributed by atoms with van der Waals surface area (Å²) in [5.41, 5.74) is 3.09. The fraction of sp³-hybridized carbons (Fsp3) is 0.333. The van der Waals surface area contributed by atoms with Crippen LogP contribution in [0.15, 0.2) is 40.1 Å². The van der Waals surface area contributed by atoms with Crippen LogP contribution >= 0.6 is 11.8 Å². The number of aromatic nitrogens is 3. The molecule has 2 aromatic heterocycles. The van der Waals surface area contributed by atoms with Crippen LogP contribution in [0.5, 0.6) is 11.5 Å². The molecule has 1 aromatic carbocycles. The number of benzene rings is 1. The Morgan fingerprint density at radius 1 is 1.36 bits per heavy atom. The van der Waals surface area contributed by atoms with Gasteiger partial charge in [-0.3, -0.25) is 0 Å². The van der Waals surface area contributed by atoms with Crippen LogP contribution in [0.4, 0.5) is 0 Å². The molecule has 1 aliphatic heterocycles. The molecule has 1 unspecified atom stereocenters. The van der Waals surface area contributed by atoms with Gasteiger partial charge in [0.1, 0.15) is 23.3 Å². The Kier molecular flexibility index (Phi) is 4.40. The van der Waals surface area contributed by atoms with Gasteiger partial charge in [0, 0.05) is 29.5 Å². The molecule has 130 valence electrons. The van der Waals surface area contributed by atoms with Crippen molar-refractivity contribution in [3.05, 3.63) is 41.6 Å². The maximum Gasteiger partial charge on any atom is 0.277 e. The van der Waals surface area contributed by atoms with Crippen molar-refractivity contribution in [3.8, 4) is 23.1 Å². The average molecular weight is 357 g/mol. The molecule has 0 radical (unpaired) electrons. The topological polar surface area (TPSA) is 73.2 Å². The number of nitrogens with one attached hydrogen (secondary N) is 1. The van der Waals surface area contributed by atoms with Crippen LogP contribution in [-0.2, 0) is 12.2 Å². The molecule has 1 N–H and O–H groups in total. The second-order valence-electron chi connectivity index (χ2n) is 5.88. The molecule has 0 saturated heterocycles. The van der Waals surface area contributed by atoms with E-state index in [0.29, 0.717) is 23.5 Å². The fourth-order valence-electron chi connectivity index (χ4n) is 2.86. The van der Waals surface area contributed by atoms with E-state index >= 15 is 0 Å². The van der Waals surface area contributed by atoms with Crippen molar-refractivity contribution in [1.82, 2.24) is 15.2 Å². The molecule has 0 spiro atoms. The smallest absolute Gasteiger partial charge is 0.277 e. The van der Waals surface area contributed by atoms with Gasteiger partial charge in [-0.25, -0.2) is 0 Å². The third-order valence-electron chi connectivity index (χ3n) is 3.96. The standard InChI is InChI=1S/C18H19N3O3S/c1-3-22-15-8-12-7-11(2)23-16(12)9-13(15)10-25-18-21-20-17(24-18)14-5-4-6-19-14/h4-6,8-9,11,19H,3,7,10H2,1-2H3. The van der Waals surface area contributed by atoms with Gasteiger partial charge < -0.3 is 18.9 Å². The van der Waals surface area contributed by atoms with Crippen molar-refractivity contribution in [2.24, 2.45) is 0 Å². The largest absolute Gasteiger partial charge is 0.494 e. The maximum atomic E-state index is 5.87. The van der Waals surface area contributed by atoms with Gasteiger partial charge in [0.15, 0.2) is 0 Å². The van der Waals surface area contributed by atoms with Crippen molar-refractivity contribution >= 4 is 11.8 Å². The summed E-state index contributed by atoms with van der Waals surface area (Å²) in [6, 6.07) is 7.95. The number of rotatable bonds is 6. The normalized spacial score (nSPS) is 15.8. The first-order valence-corrected chi connectivity index (χ1v) is 9.27. The maximum absolute atomic E-state index is 5.87. The Bertz CT molecular complexity index is 861. The highest BCUT2D eigenvalue weighted by atomic mass is 32.2. The number of fused-ring (bicyclic) bond motifs is 1. The first-order valence-electron chi connectivity index (χ1n) is 8.28. The Balaban J connectivity index is 1.51. The van der Waals surface area contributed by atoms with Gasteiger partial charge in [-0.05, 0) is 38.1 Å². The summed E-state index contributed by atoms with van der Waals surface area (Å²) >= 11 is 1.49. The molecule has 0 amide bonds. The van der Waals surface area contributed by atoms with E-state index in [-0.39, 0.29) is 6.10 Å². The number of hydrogen-bond acceptors (Lipinski definition) is 6. The fourth-order valence-corrected chi connectivity index (χ4v) is 3.60. The van der Waals surface area contributed by atoms with E-state index in [9.17, 15) is 0 Å². The minimum absolute atomic E-state index is 0.215. The van der Waals surface area contributed by atoms with Gasteiger partial charge >= 0.3 is 0 Å². The van der Waals surface area contributed by atoms with Crippen LogP contribution in [0.25, 0.3) is 11.6 Å². The molecule has 1 atom stereocenters. The van der Waals surface area contributed by atoms with E-state index in [2.05, 4.69) is 34.2 Å². The second kappa shape index (κ2) is 6.84. The summed E-state index contributed by atoms with van der Waals surface area (Å²) in [7, 11) is 0. The number of H-pyrrole nitrogens is 1. The van der Waals surface area contributed by atoms with Crippen LogP contribution < -0.4 is 9.47 Å². The number of nitrogens with zero attached hydrogens (tertiary/aromatic N) is 2. The molecule has 0 aliphatic carbocycles. The lowest BCUT2D eigenvalue weighted by Crippen LogP contribution is -2.05. The molecular weight excluding hydrogens is 338 g/mol. The SMILES string of the molecule is CCOc1cc2c(cc1CSc1nnc(-c3ccc[nH]3)o1)OC(C)C2. The quantitative estimate of drug-likeness (QED) is 0.670. The van der Waals surface area contributed by atoms with E-state index in [1.54, 1.807) is 0 Å². The summed E-state index contributed by atoms with van der Waals surface area (Å²) in [6.45, 7) is 4.70. The van der Waals surface area contributed by atoms with Gasteiger partial charge in [-0.2, -0.15) is 0 Å². The minimum Gasteiger partial charge on any atom is -0.494 e. The molecular formula is C18H19N3O3S. The monoisotopic (exact) mass is 357 g/mol. The van der Waals surface area contributed by atoms with E-state index in [1.165, 1.54) is 17.3 Å². The van der Waals surface area contributed by atoms with Crippen molar-refractivity contribution < 1.29 is 13.9 Å². The lowest BCUT2D eigenvalue weighted by atomic mass is 10.1. The zero-order valence-electron chi connectivity index (χ0n) is 14.1. The number of thioether (sulfide) groups is 1. The van der Waals surface area contributed by atoms with Gasteiger partial charge in [0.2, 0.25) is 0 Å². The van der Waals surface area contributed by atoms with E-state index in [4.69, 9.17) is 13.9 Å². The van der Waals surface area contributed by atoms with Crippen molar-refractivity contribution in [1.29, 1.82) is 0 Å². The highest BCUT2D eigenvalue weighted by molar-refractivity contribution is 7.98. The number of hydrogen-bond donors (Lipinski definition) is 1. The second-order valence-corrected chi connectivity index (χ2v) is 6.81. The summed E-state index contributed by atoms with van der Waals surface area (Å²) < 4.78 is 17.4.